The van der Waals surface area contributed by atoms with Gasteiger partial charge < -0.3 is 50.4 Å². The Hall–Kier alpha value is -0.400. The summed E-state index contributed by atoms with van der Waals surface area (Å²) in [6.45, 7) is 25.9. The summed E-state index contributed by atoms with van der Waals surface area (Å²) in [6, 6.07) is 0. The van der Waals surface area contributed by atoms with Crippen LogP contribution in [0.3, 0.4) is 0 Å². The largest absolute Gasteiger partial charge is 0.379 e. The molecule has 0 saturated heterocycles. The zero-order valence-corrected chi connectivity index (χ0v) is 32.3. The van der Waals surface area contributed by atoms with Crippen LogP contribution in [0.4, 0.5) is 0 Å². The van der Waals surface area contributed by atoms with Gasteiger partial charge in [0.05, 0.1) is 74.3 Å². The van der Waals surface area contributed by atoms with E-state index in [0.29, 0.717) is 65.9 Å². The van der Waals surface area contributed by atoms with E-state index < -0.39 is 0 Å². The molecule has 2 unspecified atom stereocenters. The first-order valence-corrected chi connectivity index (χ1v) is 18.6. The van der Waals surface area contributed by atoms with Gasteiger partial charge in [0.25, 0.3) is 0 Å². The topological polar surface area (TPSA) is 143 Å². The van der Waals surface area contributed by atoms with Gasteiger partial charge in [0.15, 0.2) is 0 Å². The molecule has 0 aromatic heterocycles. The minimum absolute atomic E-state index is 0.0218. The second-order valence-corrected chi connectivity index (χ2v) is 15.3. The Morgan fingerprint density at radius 1 is 0.447 bits per heavy atom. The lowest BCUT2D eigenvalue weighted by atomic mass is 10.0. The summed E-state index contributed by atoms with van der Waals surface area (Å²) in [5.41, 5.74) is 16.0. The molecule has 6 N–H and O–H groups in total. The predicted octanol–water partition coefficient (Wildman–Crippen LogP) is 6.14. The first kappa shape index (κ1) is 46.6. The molecule has 0 rings (SSSR count). The van der Waals surface area contributed by atoms with Crippen LogP contribution < -0.4 is 17.2 Å². The highest BCUT2D eigenvalue weighted by molar-refractivity contribution is 4.75. The van der Waals surface area contributed by atoms with E-state index in [1.807, 2.05) is 0 Å². The molecule has 0 aliphatic heterocycles. The third kappa shape index (κ3) is 28.0. The summed E-state index contributed by atoms with van der Waals surface area (Å²) in [6.07, 6.45) is 9.92. The quantitative estimate of drug-likeness (QED) is 0.0680. The van der Waals surface area contributed by atoms with Gasteiger partial charge in [-0.2, -0.15) is 0 Å². The summed E-state index contributed by atoms with van der Waals surface area (Å²) in [5, 5.41) is 0. The first-order chi connectivity index (χ1) is 22.1. The van der Waals surface area contributed by atoms with E-state index in [4.69, 9.17) is 50.4 Å². The van der Waals surface area contributed by atoms with E-state index in [0.717, 1.165) is 77.2 Å². The fraction of sp³-hybridized carbons (Fsp3) is 1.00. The van der Waals surface area contributed by atoms with Gasteiger partial charge in [-0.15, -0.1) is 0 Å². The van der Waals surface area contributed by atoms with Crippen molar-refractivity contribution in [2.24, 2.45) is 17.2 Å². The van der Waals surface area contributed by atoms with Crippen LogP contribution in [0.15, 0.2) is 0 Å². The lowest BCUT2D eigenvalue weighted by molar-refractivity contribution is -0.113. The third-order valence-corrected chi connectivity index (χ3v) is 8.36. The van der Waals surface area contributed by atoms with Gasteiger partial charge in [-0.25, -0.2) is 0 Å². The van der Waals surface area contributed by atoms with E-state index in [9.17, 15) is 0 Å². The van der Waals surface area contributed by atoms with Crippen LogP contribution in [0.2, 0.25) is 0 Å². The number of nitrogens with two attached hydrogens (primary N) is 3. The van der Waals surface area contributed by atoms with E-state index >= 15 is 0 Å². The molecule has 2 atom stereocenters. The van der Waals surface area contributed by atoms with Crippen molar-refractivity contribution < 1.29 is 33.2 Å². The van der Waals surface area contributed by atoms with Crippen LogP contribution in [0.25, 0.3) is 0 Å². The Kier molecular flexibility index (Phi) is 26.2. The summed E-state index contributed by atoms with van der Waals surface area (Å²) < 4.78 is 43.4. The highest BCUT2D eigenvalue weighted by Gasteiger charge is 2.26. The molecule has 0 radical (unpaired) electrons. The van der Waals surface area contributed by atoms with Crippen molar-refractivity contribution in [2.45, 2.75) is 168 Å². The molecule has 47 heavy (non-hydrogen) atoms. The van der Waals surface area contributed by atoms with Crippen molar-refractivity contribution >= 4 is 0 Å². The molecule has 0 aliphatic carbocycles. The Labute approximate surface area is 290 Å². The van der Waals surface area contributed by atoms with Crippen LogP contribution in [0, 0.1) is 0 Å². The summed E-state index contributed by atoms with van der Waals surface area (Å²) in [4.78, 5) is 0. The SMILES string of the molecule is CCCOC(CCCC(COC(C)(C)CCOC(C)(C)CCCN)OCCOCCCN)COC(C)(C)CCOC(C)(C)CCCN. The van der Waals surface area contributed by atoms with Crippen LogP contribution in [-0.4, -0.2) is 107 Å². The fourth-order valence-electron chi connectivity index (χ4n) is 4.98. The number of hydrogen-bond acceptors (Lipinski definition) is 10. The zero-order chi connectivity index (χ0) is 35.7. The lowest BCUT2D eigenvalue weighted by Crippen LogP contribution is -2.35. The van der Waals surface area contributed by atoms with Crippen LogP contribution in [0.1, 0.15) is 133 Å². The normalized spacial score (nSPS) is 14.6. The molecular weight excluding hydrogens is 598 g/mol. The van der Waals surface area contributed by atoms with Gasteiger partial charge in [0, 0.05) is 13.2 Å². The monoisotopic (exact) mass is 678 g/mol. The molecule has 0 aromatic rings. The van der Waals surface area contributed by atoms with E-state index in [1.54, 1.807) is 0 Å². The Morgan fingerprint density at radius 3 is 1.30 bits per heavy atom. The minimum atomic E-state index is -0.335. The van der Waals surface area contributed by atoms with E-state index in [1.165, 1.54) is 0 Å². The van der Waals surface area contributed by atoms with E-state index in [2.05, 4.69) is 62.3 Å². The van der Waals surface area contributed by atoms with Gasteiger partial charge in [0.2, 0.25) is 0 Å². The molecule has 0 saturated carbocycles. The molecule has 0 bridgehead atoms. The second-order valence-electron chi connectivity index (χ2n) is 15.3. The molecule has 0 spiro atoms. The third-order valence-electron chi connectivity index (χ3n) is 8.36. The first-order valence-electron chi connectivity index (χ1n) is 18.6. The molecule has 0 fully saturated rings. The average molecular weight is 678 g/mol. The van der Waals surface area contributed by atoms with Crippen molar-refractivity contribution in [3.63, 3.8) is 0 Å². The number of hydrogen-bond donors (Lipinski definition) is 3. The van der Waals surface area contributed by atoms with Gasteiger partial charge in [-0.3, -0.25) is 0 Å². The summed E-state index contributed by atoms with van der Waals surface area (Å²) in [5.74, 6) is 0. The van der Waals surface area contributed by atoms with Gasteiger partial charge in [-0.05, 0) is 146 Å². The fourth-order valence-corrected chi connectivity index (χ4v) is 4.98. The highest BCUT2D eigenvalue weighted by atomic mass is 16.6. The van der Waals surface area contributed by atoms with Crippen LogP contribution in [-0.2, 0) is 33.2 Å². The molecule has 0 aromatic carbocycles. The summed E-state index contributed by atoms with van der Waals surface area (Å²) in [7, 11) is 0. The smallest absolute Gasteiger partial charge is 0.0810 e. The lowest BCUT2D eigenvalue weighted by Gasteiger charge is -2.32. The van der Waals surface area contributed by atoms with Gasteiger partial charge in [-0.1, -0.05) is 6.92 Å². The Balaban J connectivity index is 4.99. The van der Waals surface area contributed by atoms with Crippen molar-refractivity contribution in [3.8, 4) is 0 Å². The van der Waals surface area contributed by atoms with Crippen LogP contribution in [0.5, 0.6) is 0 Å². The summed E-state index contributed by atoms with van der Waals surface area (Å²) >= 11 is 0. The number of ether oxygens (including phenoxy) is 7. The maximum absolute atomic E-state index is 6.42. The maximum Gasteiger partial charge on any atom is 0.0810 e. The van der Waals surface area contributed by atoms with Crippen molar-refractivity contribution in [3.05, 3.63) is 0 Å². The zero-order valence-electron chi connectivity index (χ0n) is 32.3. The second kappa shape index (κ2) is 26.4. The number of rotatable bonds is 34. The van der Waals surface area contributed by atoms with Crippen molar-refractivity contribution in [1.82, 2.24) is 0 Å². The molecule has 0 heterocycles. The maximum atomic E-state index is 6.42. The van der Waals surface area contributed by atoms with Gasteiger partial charge in [0.1, 0.15) is 0 Å². The molecule has 284 valence electrons. The standard InChI is InChI=1S/C37H79N3O7/c1-10-24-42-32(30-46-36(6,7)19-26-44-34(2,3)17-12-21-38)15-11-16-33(43-29-28-41-25-14-23-40)31-47-37(8,9)20-27-45-35(4,5)18-13-22-39/h32-33H,10-31,38-40H2,1-9H3. The average Bonchev–Trinajstić information content (AvgIpc) is 2.99. The van der Waals surface area contributed by atoms with Gasteiger partial charge >= 0.3 is 0 Å². The minimum Gasteiger partial charge on any atom is -0.379 e. The highest BCUT2D eigenvalue weighted by Crippen LogP contribution is 2.23. The Morgan fingerprint density at radius 2 is 0.872 bits per heavy atom. The Bertz CT molecular complexity index is 722. The van der Waals surface area contributed by atoms with Crippen molar-refractivity contribution in [1.29, 1.82) is 0 Å². The molecule has 10 nitrogen and oxygen atoms in total. The molecular formula is C37H79N3O7. The molecule has 0 aliphatic rings. The molecule has 0 amide bonds. The predicted molar refractivity (Wildman–Crippen MR) is 194 cm³/mol. The van der Waals surface area contributed by atoms with Crippen LogP contribution >= 0.6 is 0 Å². The van der Waals surface area contributed by atoms with E-state index in [-0.39, 0.29) is 34.6 Å². The van der Waals surface area contributed by atoms with Crippen molar-refractivity contribution in [2.75, 3.05) is 72.5 Å². The molecule has 10 heteroatoms.